The SMILES string of the molecule is CC(C)Cc1nn2cc(-c3ccccc3Cl)nc2s1. The Morgan fingerprint density at radius 3 is 2.79 bits per heavy atom. The van der Waals surface area contributed by atoms with Gasteiger partial charge in [-0.25, -0.2) is 9.50 Å². The Bertz CT molecular complexity index is 683. The van der Waals surface area contributed by atoms with Gasteiger partial charge in [0.15, 0.2) is 0 Å². The van der Waals surface area contributed by atoms with Gasteiger partial charge in [0, 0.05) is 12.0 Å². The van der Waals surface area contributed by atoms with Crippen LogP contribution < -0.4 is 0 Å². The van der Waals surface area contributed by atoms with Crippen molar-refractivity contribution in [3.05, 3.63) is 40.5 Å². The van der Waals surface area contributed by atoms with Crippen LogP contribution in [-0.4, -0.2) is 14.6 Å². The van der Waals surface area contributed by atoms with Crippen LogP contribution in [0.2, 0.25) is 5.02 Å². The van der Waals surface area contributed by atoms with E-state index in [1.807, 2.05) is 35.0 Å². The lowest BCUT2D eigenvalue weighted by Gasteiger charge is -1.99. The van der Waals surface area contributed by atoms with Crippen LogP contribution in [0.15, 0.2) is 30.5 Å². The lowest BCUT2D eigenvalue weighted by atomic mass is 10.1. The van der Waals surface area contributed by atoms with E-state index in [0.29, 0.717) is 5.92 Å². The molecular formula is C14H14ClN3S. The molecule has 0 N–H and O–H groups in total. The average molecular weight is 292 g/mol. The van der Waals surface area contributed by atoms with Crippen LogP contribution in [0.5, 0.6) is 0 Å². The molecule has 0 aliphatic rings. The molecule has 0 atom stereocenters. The summed E-state index contributed by atoms with van der Waals surface area (Å²) >= 11 is 7.83. The van der Waals surface area contributed by atoms with Gasteiger partial charge in [0.05, 0.1) is 16.9 Å². The van der Waals surface area contributed by atoms with E-state index in [-0.39, 0.29) is 0 Å². The Hall–Kier alpha value is -1.39. The van der Waals surface area contributed by atoms with Crippen molar-refractivity contribution in [1.82, 2.24) is 14.6 Å². The zero-order valence-corrected chi connectivity index (χ0v) is 12.4. The fourth-order valence-corrected chi connectivity index (χ4v) is 3.29. The second-order valence-electron chi connectivity index (χ2n) is 4.93. The van der Waals surface area contributed by atoms with E-state index in [1.165, 1.54) is 0 Å². The van der Waals surface area contributed by atoms with Crippen LogP contribution in [0.4, 0.5) is 0 Å². The first kappa shape index (κ1) is 12.6. The van der Waals surface area contributed by atoms with E-state index >= 15 is 0 Å². The number of fused-ring (bicyclic) bond motifs is 1. The zero-order chi connectivity index (χ0) is 13.4. The summed E-state index contributed by atoms with van der Waals surface area (Å²) in [6, 6.07) is 7.74. The maximum Gasteiger partial charge on any atom is 0.212 e. The molecule has 0 fully saturated rings. The normalized spacial score (nSPS) is 11.6. The van der Waals surface area contributed by atoms with E-state index in [4.69, 9.17) is 11.6 Å². The van der Waals surface area contributed by atoms with E-state index in [0.717, 1.165) is 32.7 Å². The van der Waals surface area contributed by atoms with Gasteiger partial charge in [-0.15, -0.1) is 0 Å². The molecule has 98 valence electrons. The Morgan fingerprint density at radius 1 is 1.32 bits per heavy atom. The molecule has 0 saturated carbocycles. The minimum atomic E-state index is 0.610. The molecule has 3 nitrogen and oxygen atoms in total. The molecule has 3 rings (SSSR count). The Kier molecular flexibility index (Phi) is 3.29. The van der Waals surface area contributed by atoms with Crippen LogP contribution in [0.25, 0.3) is 16.2 Å². The number of hydrogen-bond donors (Lipinski definition) is 0. The molecule has 0 bridgehead atoms. The number of nitrogens with zero attached hydrogens (tertiary/aromatic N) is 3. The molecule has 0 aliphatic heterocycles. The molecule has 19 heavy (non-hydrogen) atoms. The first-order valence-electron chi connectivity index (χ1n) is 6.23. The first-order chi connectivity index (χ1) is 9.13. The third-order valence-electron chi connectivity index (χ3n) is 2.82. The van der Waals surface area contributed by atoms with Gasteiger partial charge in [0.2, 0.25) is 4.96 Å². The average Bonchev–Trinajstić information content (AvgIpc) is 2.86. The van der Waals surface area contributed by atoms with Gasteiger partial charge in [-0.3, -0.25) is 0 Å². The van der Waals surface area contributed by atoms with Gasteiger partial charge in [0.1, 0.15) is 5.01 Å². The number of imidazole rings is 1. The quantitative estimate of drug-likeness (QED) is 0.720. The summed E-state index contributed by atoms with van der Waals surface area (Å²) in [6.07, 6.45) is 2.94. The van der Waals surface area contributed by atoms with Crippen molar-refractivity contribution < 1.29 is 0 Å². The minimum Gasteiger partial charge on any atom is -0.217 e. The summed E-state index contributed by atoms with van der Waals surface area (Å²) in [4.78, 5) is 5.53. The summed E-state index contributed by atoms with van der Waals surface area (Å²) in [5.74, 6) is 0.610. The van der Waals surface area contributed by atoms with Crippen LogP contribution in [0.3, 0.4) is 0 Å². The summed E-state index contributed by atoms with van der Waals surface area (Å²) in [5.41, 5.74) is 1.83. The predicted octanol–water partition coefficient (Wildman–Crippen LogP) is 4.31. The molecule has 1 aromatic carbocycles. The Morgan fingerprint density at radius 2 is 2.11 bits per heavy atom. The van der Waals surface area contributed by atoms with Crippen molar-refractivity contribution in [2.75, 3.05) is 0 Å². The van der Waals surface area contributed by atoms with Gasteiger partial charge >= 0.3 is 0 Å². The number of halogens is 1. The molecule has 5 heteroatoms. The lowest BCUT2D eigenvalue weighted by molar-refractivity contribution is 0.637. The van der Waals surface area contributed by atoms with Crippen LogP contribution >= 0.6 is 22.9 Å². The monoisotopic (exact) mass is 291 g/mol. The van der Waals surface area contributed by atoms with Gasteiger partial charge in [-0.05, 0) is 12.0 Å². The second kappa shape index (κ2) is 4.94. The van der Waals surface area contributed by atoms with Crippen molar-refractivity contribution in [2.45, 2.75) is 20.3 Å². The van der Waals surface area contributed by atoms with E-state index < -0.39 is 0 Å². The van der Waals surface area contributed by atoms with Crippen molar-refractivity contribution in [2.24, 2.45) is 5.92 Å². The summed E-state index contributed by atoms with van der Waals surface area (Å²) in [5, 5.41) is 6.40. The topological polar surface area (TPSA) is 30.2 Å². The molecular weight excluding hydrogens is 278 g/mol. The van der Waals surface area contributed by atoms with Crippen molar-refractivity contribution in [1.29, 1.82) is 0 Å². The molecule has 2 heterocycles. The van der Waals surface area contributed by atoms with Crippen LogP contribution in [-0.2, 0) is 6.42 Å². The van der Waals surface area contributed by atoms with E-state index in [1.54, 1.807) is 11.3 Å². The number of aromatic nitrogens is 3. The van der Waals surface area contributed by atoms with Gasteiger partial charge in [-0.1, -0.05) is 55.0 Å². The van der Waals surface area contributed by atoms with E-state index in [9.17, 15) is 0 Å². The third-order valence-corrected chi connectivity index (χ3v) is 4.09. The van der Waals surface area contributed by atoms with Crippen LogP contribution in [0.1, 0.15) is 18.9 Å². The molecule has 2 aromatic heterocycles. The highest BCUT2D eigenvalue weighted by atomic mass is 35.5. The standard InChI is InChI=1S/C14H14ClN3S/c1-9(2)7-13-17-18-8-12(16-14(18)19-13)10-5-3-4-6-11(10)15/h3-6,8-9H,7H2,1-2H3. The van der Waals surface area contributed by atoms with Gasteiger partial charge in [-0.2, -0.15) is 5.10 Å². The Balaban J connectivity index is 1.99. The molecule has 0 radical (unpaired) electrons. The highest BCUT2D eigenvalue weighted by molar-refractivity contribution is 7.16. The predicted molar refractivity (Wildman–Crippen MR) is 79.9 cm³/mol. The highest BCUT2D eigenvalue weighted by Crippen LogP contribution is 2.28. The molecule has 0 spiro atoms. The third kappa shape index (κ3) is 2.51. The highest BCUT2D eigenvalue weighted by Gasteiger charge is 2.12. The molecule has 0 aliphatic carbocycles. The molecule has 0 amide bonds. The Labute approximate surface area is 120 Å². The van der Waals surface area contributed by atoms with Crippen molar-refractivity contribution >= 4 is 27.9 Å². The number of benzene rings is 1. The van der Waals surface area contributed by atoms with Gasteiger partial charge in [0.25, 0.3) is 0 Å². The second-order valence-corrected chi connectivity index (χ2v) is 6.37. The fraction of sp³-hybridized carbons (Fsp3) is 0.286. The van der Waals surface area contributed by atoms with Crippen molar-refractivity contribution in [3.63, 3.8) is 0 Å². The number of hydrogen-bond acceptors (Lipinski definition) is 3. The number of rotatable bonds is 3. The molecule has 0 unspecified atom stereocenters. The maximum absolute atomic E-state index is 6.19. The van der Waals surface area contributed by atoms with Gasteiger partial charge < -0.3 is 0 Å². The minimum absolute atomic E-state index is 0.610. The summed E-state index contributed by atoms with van der Waals surface area (Å²) < 4.78 is 1.85. The smallest absolute Gasteiger partial charge is 0.212 e. The summed E-state index contributed by atoms with van der Waals surface area (Å²) in [7, 11) is 0. The summed E-state index contributed by atoms with van der Waals surface area (Å²) in [6.45, 7) is 4.39. The lowest BCUT2D eigenvalue weighted by Crippen LogP contribution is -1.94. The molecule has 3 aromatic rings. The molecule has 0 saturated heterocycles. The van der Waals surface area contributed by atoms with Crippen LogP contribution in [0, 0.1) is 5.92 Å². The largest absolute Gasteiger partial charge is 0.217 e. The van der Waals surface area contributed by atoms with E-state index in [2.05, 4.69) is 23.9 Å². The first-order valence-corrected chi connectivity index (χ1v) is 7.43. The zero-order valence-electron chi connectivity index (χ0n) is 10.8. The van der Waals surface area contributed by atoms with Crippen molar-refractivity contribution in [3.8, 4) is 11.3 Å². The maximum atomic E-state index is 6.19. The fourth-order valence-electron chi connectivity index (χ4n) is 1.97.